The van der Waals surface area contributed by atoms with E-state index in [0.29, 0.717) is 12.4 Å². The molecular weight excluding hydrogens is 342 g/mol. The maximum absolute atomic E-state index is 10.8. The molecule has 2 atom stereocenters. The third-order valence-electron chi connectivity index (χ3n) is 4.53. The molecule has 2 heterocycles. The topological polar surface area (TPSA) is 88.0 Å². The summed E-state index contributed by atoms with van der Waals surface area (Å²) in [4.78, 5) is 1.70. The van der Waals surface area contributed by atoms with Gasteiger partial charge in [0.05, 0.1) is 11.9 Å². The smallest absolute Gasteiger partial charge is 0.229 e. The van der Waals surface area contributed by atoms with Crippen LogP contribution in [0.4, 0.5) is 5.69 Å². The summed E-state index contributed by atoms with van der Waals surface area (Å²) >= 11 is 0. The molecule has 0 radical (unpaired) electrons. The molecule has 138 valence electrons. The van der Waals surface area contributed by atoms with Crippen LogP contribution in [0.2, 0.25) is 0 Å². The number of aromatic nitrogens is 2. The van der Waals surface area contributed by atoms with Gasteiger partial charge in [0.2, 0.25) is 6.35 Å². The molecule has 3 N–H and O–H groups in total. The summed E-state index contributed by atoms with van der Waals surface area (Å²) in [6.07, 6.45) is 1.80. The van der Waals surface area contributed by atoms with Gasteiger partial charge in [0.1, 0.15) is 6.10 Å². The lowest BCUT2D eigenvalue weighted by atomic mass is 10.1. The molecule has 0 aliphatic carbocycles. The van der Waals surface area contributed by atoms with Gasteiger partial charge in [-0.15, -0.1) is 0 Å². The lowest BCUT2D eigenvalue weighted by molar-refractivity contribution is 0.0543. The van der Waals surface area contributed by atoms with Crippen LogP contribution in [-0.2, 0) is 6.54 Å². The lowest BCUT2D eigenvalue weighted by Gasteiger charge is -2.28. The largest absolute Gasteiger partial charge is 0.385 e. The Morgan fingerprint density at radius 2 is 1.81 bits per heavy atom. The van der Waals surface area contributed by atoms with E-state index in [4.69, 9.17) is 0 Å². The molecule has 0 bridgehead atoms. The maximum Gasteiger partial charge on any atom is 0.229 e. The van der Waals surface area contributed by atoms with Crippen molar-refractivity contribution in [2.75, 3.05) is 5.01 Å². The van der Waals surface area contributed by atoms with Crippen LogP contribution < -0.4 is 5.01 Å². The number of aliphatic hydroxyl groups excluding tert-OH is 2. The highest BCUT2D eigenvalue weighted by molar-refractivity contribution is 5.89. The molecule has 0 saturated heterocycles. The molecule has 0 spiro atoms. The minimum absolute atomic E-state index is 0.435. The molecule has 1 aromatic heterocycles. The van der Waals surface area contributed by atoms with Crippen molar-refractivity contribution >= 4 is 11.5 Å². The molecule has 1 aliphatic heterocycles. The predicted molar refractivity (Wildman–Crippen MR) is 104 cm³/mol. The molecule has 3 aromatic rings. The standard InChI is InChI=1S/C20H21N5O2/c1-14(26)19-23-25(20(27)24(19)13-15-5-3-2-4-6-15)18-9-7-16(8-10-18)17-11-21-22-12-17/h2-12,14,20,26-27H,13H2,1H3,(H,21,22). The fourth-order valence-electron chi connectivity index (χ4n) is 3.14. The number of anilines is 1. The van der Waals surface area contributed by atoms with Gasteiger partial charge in [0.25, 0.3) is 0 Å². The number of nitrogens with one attached hydrogen (secondary N) is 1. The van der Waals surface area contributed by atoms with E-state index in [0.717, 1.165) is 22.4 Å². The highest BCUT2D eigenvalue weighted by Crippen LogP contribution is 2.28. The van der Waals surface area contributed by atoms with Crippen LogP contribution in [0.5, 0.6) is 0 Å². The van der Waals surface area contributed by atoms with Crippen LogP contribution in [0.15, 0.2) is 72.1 Å². The highest BCUT2D eigenvalue weighted by atomic mass is 16.3. The number of nitrogens with zero attached hydrogens (tertiary/aromatic N) is 4. The van der Waals surface area contributed by atoms with E-state index in [-0.39, 0.29) is 0 Å². The molecule has 1 aliphatic rings. The second-order valence-electron chi connectivity index (χ2n) is 6.47. The highest BCUT2D eigenvalue weighted by Gasteiger charge is 2.35. The van der Waals surface area contributed by atoms with E-state index in [9.17, 15) is 10.2 Å². The Morgan fingerprint density at radius 1 is 1.07 bits per heavy atom. The average Bonchev–Trinajstić information content (AvgIpc) is 3.32. The summed E-state index contributed by atoms with van der Waals surface area (Å²) in [5.74, 6) is 0.435. The van der Waals surface area contributed by atoms with Crippen molar-refractivity contribution in [3.8, 4) is 11.1 Å². The lowest BCUT2D eigenvalue weighted by Crippen LogP contribution is -2.44. The van der Waals surface area contributed by atoms with Crippen LogP contribution >= 0.6 is 0 Å². The third-order valence-corrected chi connectivity index (χ3v) is 4.53. The predicted octanol–water partition coefficient (Wildman–Crippen LogP) is 2.37. The van der Waals surface area contributed by atoms with Crippen LogP contribution in [0.25, 0.3) is 11.1 Å². The summed E-state index contributed by atoms with van der Waals surface area (Å²) in [5, 5.41) is 33.7. The molecule has 0 fully saturated rings. The Kier molecular flexibility index (Phi) is 4.62. The van der Waals surface area contributed by atoms with E-state index >= 15 is 0 Å². The number of aromatic amines is 1. The number of hydrogen-bond acceptors (Lipinski definition) is 6. The molecule has 2 aromatic carbocycles. The van der Waals surface area contributed by atoms with Gasteiger partial charge in [-0.2, -0.15) is 10.2 Å². The molecule has 7 heteroatoms. The number of H-pyrrole nitrogens is 1. The first-order valence-corrected chi connectivity index (χ1v) is 8.77. The summed E-state index contributed by atoms with van der Waals surface area (Å²) in [7, 11) is 0. The molecule has 2 unspecified atom stereocenters. The zero-order chi connectivity index (χ0) is 18.8. The van der Waals surface area contributed by atoms with Gasteiger partial charge in [-0.25, -0.2) is 5.01 Å². The third kappa shape index (κ3) is 3.42. The molecule has 0 amide bonds. The number of hydrogen-bond donors (Lipinski definition) is 3. The molecular formula is C20H21N5O2. The van der Waals surface area contributed by atoms with Crippen molar-refractivity contribution in [3.63, 3.8) is 0 Å². The molecule has 4 rings (SSSR count). The summed E-state index contributed by atoms with van der Waals surface area (Å²) in [6.45, 7) is 2.10. The van der Waals surface area contributed by atoms with Gasteiger partial charge in [-0.3, -0.25) is 5.10 Å². The van der Waals surface area contributed by atoms with E-state index < -0.39 is 12.5 Å². The monoisotopic (exact) mass is 363 g/mol. The van der Waals surface area contributed by atoms with Crippen LogP contribution in [0.3, 0.4) is 0 Å². The van der Waals surface area contributed by atoms with E-state index in [1.54, 1.807) is 18.0 Å². The average molecular weight is 363 g/mol. The number of amidine groups is 1. The Hall–Kier alpha value is -3.16. The second-order valence-corrected chi connectivity index (χ2v) is 6.47. The second kappa shape index (κ2) is 7.22. The van der Waals surface area contributed by atoms with E-state index in [1.165, 1.54) is 5.01 Å². The summed E-state index contributed by atoms with van der Waals surface area (Å²) in [6, 6.07) is 17.5. The van der Waals surface area contributed by atoms with Gasteiger partial charge >= 0.3 is 0 Å². The van der Waals surface area contributed by atoms with Gasteiger partial charge in [0, 0.05) is 18.3 Å². The van der Waals surface area contributed by atoms with Gasteiger partial charge in [-0.05, 0) is 30.2 Å². The van der Waals surface area contributed by atoms with E-state index in [2.05, 4.69) is 15.3 Å². The van der Waals surface area contributed by atoms with Crippen molar-refractivity contribution in [1.29, 1.82) is 0 Å². The maximum atomic E-state index is 10.8. The fourth-order valence-corrected chi connectivity index (χ4v) is 3.14. The zero-order valence-corrected chi connectivity index (χ0v) is 14.9. The Morgan fingerprint density at radius 3 is 2.44 bits per heavy atom. The van der Waals surface area contributed by atoms with Crippen molar-refractivity contribution in [2.24, 2.45) is 5.10 Å². The van der Waals surface area contributed by atoms with Crippen LogP contribution in [0, 0.1) is 0 Å². The number of hydrazone groups is 1. The Labute approximate surface area is 157 Å². The Bertz CT molecular complexity index is 907. The van der Waals surface area contributed by atoms with Gasteiger partial charge < -0.3 is 15.1 Å². The fraction of sp³-hybridized carbons (Fsp3) is 0.200. The quantitative estimate of drug-likeness (QED) is 0.648. The van der Waals surface area contributed by atoms with Gasteiger partial charge in [-0.1, -0.05) is 42.5 Å². The summed E-state index contributed by atoms with van der Waals surface area (Å²) < 4.78 is 0. The first kappa shape index (κ1) is 17.3. The first-order chi connectivity index (χ1) is 13.1. The zero-order valence-electron chi connectivity index (χ0n) is 14.9. The minimum Gasteiger partial charge on any atom is -0.385 e. The van der Waals surface area contributed by atoms with Crippen molar-refractivity contribution < 1.29 is 10.2 Å². The van der Waals surface area contributed by atoms with Gasteiger partial charge in [0.15, 0.2) is 5.84 Å². The minimum atomic E-state index is -0.991. The molecule has 27 heavy (non-hydrogen) atoms. The van der Waals surface area contributed by atoms with Crippen molar-refractivity contribution in [3.05, 3.63) is 72.6 Å². The Balaban J connectivity index is 1.59. The summed E-state index contributed by atoms with van der Waals surface area (Å²) in [5.41, 5.74) is 3.77. The number of rotatable bonds is 5. The molecule has 0 saturated carbocycles. The van der Waals surface area contributed by atoms with Crippen molar-refractivity contribution in [1.82, 2.24) is 15.1 Å². The SMILES string of the molecule is CC(O)C1=NN(c2ccc(-c3cn[nH]c3)cc2)C(O)N1Cc1ccccc1. The molecule has 7 nitrogen and oxygen atoms in total. The van der Waals surface area contributed by atoms with E-state index in [1.807, 2.05) is 60.8 Å². The number of benzene rings is 2. The normalized spacial score (nSPS) is 17.9. The number of aliphatic hydroxyl groups is 2. The van der Waals surface area contributed by atoms with Crippen molar-refractivity contribution in [2.45, 2.75) is 25.9 Å². The van der Waals surface area contributed by atoms with Crippen LogP contribution in [0.1, 0.15) is 12.5 Å². The van der Waals surface area contributed by atoms with Crippen LogP contribution in [-0.4, -0.2) is 43.6 Å². The first-order valence-electron chi connectivity index (χ1n) is 8.77.